The molecule has 0 radical (unpaired) electrons. The van der Waals surface area contributed by atoms with Crippen LogP contribution in [0.25, 0.3) is 6.08 Å². The molecule has 26 heavy (non-hydrogen) atoms. The molecule has 144 valence electrons. The largest absolute Gasteiger partial charge is 0.493 e. The van der Waals surface area contributed by atoms with Crippen LogP contribution in [-0.4, -0.2) is 50.7 Å². The fourth-order valence-electron chi connectivity index (χ4n) is 3.11. The van der Waals surface area contributed by atoms with E-state index in [4.69, 9.17) is 4.74 Å². The average molecular weight is 368 g/mol. The van der Waals surface area contributed by atoms with Gasteiger partial charge in [0.15, 0.2) is 11.5 Å². The third kappa shape index (κ3) is 5.98. The summed E-state index contributed by atoms with van der Waals surface area (Å²) >= 11 is 0. The predicted molar refractivity (Wildman–Crippen MR) is 96.5 cm³/mol. The lowest BCUT2D eigenvalue weighted by molar-refractivity contribution is -0.116. The minimum absolute atomic E-state index is 0.0834. The highest BCUT2D eigenvalue weighted by atomic mass is 19.3. The molecule has 0 saturated carbocycles. The van der Waals surface area contributed by atoms with Gasteiger partial charge in [-0.1, -0.05) is 19.1 Å². The second kappa shape index (κ2) is 10.1. The Kier molecular flexibility index (Phi) is 7.84. The van der Waals surface area contributed by atoms with Crippen LogP contribution < -0.4 is 14.8 Å². The summed E-state index contributed by atoms with van der Waals surface area (Å²) < 4.78 is 34.8. The molecule has 1 aliphatic rings. The molecule has 2 rings (SSSR count). The number of piperidine rings is 1. The van der Waals surface area contributed by atoms with E-state index in [1.807, 2.05) is 0 Å². The van der Waals surface area contributed by atoms with Gasteiger partial charge in [-0.3, -0.25) is 4.79 Å². The lowest BCUT2D eigenvalue weighted by atomic mass is 9.98. The number of carbonyl (C=O) groups excluding carboxylic acids is 1. The van der Waals surface area contributed by atoms with Crippen molar-refractivity contribution in [3.8, 4) is 11.5 Å². The summed E-state index contributed by atoms with van der Waals surface area (Å²) in [7, 11) is 1.37. The molecule has 0 aromatic heterocycles. The van der Waals surface area contributed by atoms with E-state index in [9.17, 15) is 13.6 Å². The Morgan fingerprint density at radius 1 is 1.46 bits per heavy atom. The van der Waals surface area contributed by atoms with Crippen LogP contribution in [-0.2, 0) is 4.79 Å². The van der Waals surface area contributed by atoms with Gasteiger partial charge >= 0.3 is 6.61 Å². The normalized spacial score (nSPS) is 18.3. The maximum absolute atomic E-state index is 12.6. The van der Waals surface area contributed by atoms with Crippen LogP contribution in [0.15, 0.2) is 24.3 Å². The molecule has 7 heteroatoms. The number of nitrogens with zero attached hydrogens (tertiary/aromatic N) is 1. The van der Waals surface area contributed by atoms with Crippen LogP contribution in [0.3, 0.4) is 0 Å². The quantitative estimate of drug-likeness (QED) is 0.716. The maximum atomic E-state index is 12.6. The Hall–Kier alpha value is -2.15. The molecule has 1 aromatic rings. The molecule has 1 aromatic carbocycles. The minimum atomic E-state index is -2.97. The molecule has 0 spiro atoms. The number of methoxy groups -OCH3 is 1. The Labute approximate surface area is 153 Å². The molecule has 0 bridgehead atoms. The van der Waals surface area contributed by atoms with E-state index in [1.54, 1.807) is 12.1 Å². The van der Waals surface area contributed by atoms with Crippen LogP contribution in [0.1, 0.15) is 25.3 Å². The van der Waals surface area contributed by atoms with Crippen molar-refractivity contribution < 1.29 is 23.0 Å². The maximum Gasteiger partial charge on any atom is 0.387 e. The average Bonchev–Trinajstić information content (AvgIpc) is 2.65. The first-order valence-electron chi connectivity index (χ1n) is 8.83. The molecule has 5 nitrogen and oxygen atoms in total. The van der Waals surface area contributed by atoms with Crippen molar-refractivity contribution in [2.45, 2.75) is 26.4 Å². The summed E-state index contributed by atoms with van der Waals surface area (Å²) in [6.07, 6.45) is 5.02. The molecule has 1 saturated heterocycles. The van der Waals surface area contributed by atoms with Crippen LogP contribution in [0, 0.1) is 5.92 Å². The van der Waals surface area contributed by atoms with Gasteiger partial charge in [0.05, 0.1) is 7.11 Å². The first-order chi connectivity index (χ1) is 12.5. The number of rotatable bonds is 8. The summed E-state index contributed by atoms with van der Waals surface area (Å²) in [5.41, 5.74) is 0.356. The summed E-state index contributed by atoms with van der Waals surface area (Å²) in [6.45, 7) is 2.90. The number of halogens is 2. The number of hydrogen-bond acceptors (Lipinski definition) is 4. The van der Waals surface area contributed by atoms with E-state index in [1.165, 1.54) is 25.3 Å². The van der Waals surface area contributed by atoms with E-state index < -0.39 is 6.61 Å². The van der Waals surface area contributed by atoms with E-state index >= 15 is 0 Å². The second-order valence-corrected chi connectivity index (χ2v) is 6.24. The number of ether oxygens (including phenoxy) is 2. The van der Waals surface area contributed by atoms with Gasteiger partial charge in [0, 0.05) is 24.7 Å². The van der Waals surface area contributed by atoms with Crippen molar-refractivity contribution in [1.29, 1.82) is 0 Å². The highest BCUT2D eigenvalue weighted by Gasteiger charge is 2.19. The number of carbonyl (C=O) groups is 1. The molecular weight excluding hydrogens is 342 g/mol. The Balaban J connectivity index is 1.95. The number of alkyl halides is 2. The number of hydrogen-bond donors (Lipinski definition) is 1. The van der Waals surface area contributed by atoms with Crippen molar-refractivity contribution in [2.24, 2.45) is 5.92 Å². The standard InChI is InChI=1S/C19H26F2N2O3/c1-3-23-11-5-6-14(13-23)12-22-17(24)10-9-15-7-4-8-16(25-2)18(15)26-19(20)21/h4,7-10,14,19H,3,5-6,11-13H2,1-2H3,(H,22,24)/b10-9+. The van der Waals surface area contributed by atoms with Gasteiger partial charge < -0.3 is 19.7 Å². The predicted octanol–water partition coefficient (Wildman–Crippen LogP) is 3.16. The number of amides is 1. The topological polar surface area (TPSA) is 50.8 Å². The second-order valence-electron chi connectivity index (χ2n) is 6.24. The van der Waals surface area contributed by atoms with Crippen molar-refractivity contribution in [3.05, 3.63) is 29.8 Å². The van der Waals surface area contributed by atoms with Crippen LogP contribution in [0.5, 0.6) is 11.5 Å². The van der Waals surface area contributed by atoms with Gasteiger partial charge in [-0.05, 0) is 44.0 Å². The summed E-state index contributed by atoms with van der Waals surface area (Å²) in [6, 6.07) is 4.76. The molecule has 0 aliphatic carbocycles. The van der Waals surface area contributed by atoms with Crippen molar-refractivity contribution in [1.82, 2.24) is 10.2 Å². The van der Waals surface area contributed by atoms with Crippen LogP contribution in [0.2, 0.25) is 0 Å². The molecule has 1 aliphatic heterocycles. The number of likely N-dealkylation sites (tertiary alicyclic amines) is 1. The fraction of sp³-hybridized carbons (Fsp3) is 0.526. The number of nitrogens with one attached hydrogen (secondary N) is 1. The molecular formula is C19H26F2N2O3. The van der Waals surface area contributed by atoms with Gasteiger partial charge in [0.1, 0.15) is 0 Å². The van der Waals surface area contributed by atoms with Crippen LogP contribution >= 0.6 is 0 Å². The van der Waals surface area contributed by atoms with Crippen molar-refractivity contribution in [2.75, 3.05) is 33.3 Å². The number of benzene rings is 1. The first-order valence-corrected chi connectivity index (χ1v) is 8.83. The first kappa shape index (κ1) is 20.2. The minimum Gasteiger partial charge on any atom is -0.493 e. The zero-order valence-corrected chi connectivity index (χ0v) is 15.2. The van der Waals surface area contributed by atoms with E-state index in [-0.39, 0.29) is 17.4 Å². The van der Waals surface area contributed by atoms with Crippen molar-refractivity contribution in [3.63, 3.8) is 0 Å². The van der Waals surface area contributed by atoms with E-state index in [0.717, 1.165) is 32.5 Å². The molecule has 1 N–H and O–H groups in total. The summed E-state index contributed by atoms with van der Waals surface area (Å²) in [5.74, 6) is 0.287. The Morgan fingerprint density at radius 3 is 2.96 bits per heavy atom. The summed E-state index contributed by atoms with van der Waals surface area (Å²) in [5, 5.41) is 2.88. The lowest BCUT2D eigenvalue weighted by Gasteiger charge is -2.31. The van der Waals surface area contributed by atoms with Crippen LogP contribution in [0.4, 0.5) is 8.78 Å². The number of para-hydroxylation sites is 1. The monoisotopic (exact) mass is 368 g/mol. The van der Waals surface area contributed by atoms with E-state index in [0.29, 0.717) is 18.0 Å². The third-order valence-corrected chi connectivity index (χ3v) is 4.47. The zero-order chi connectivity index (χ0) is 18.9. The van der Waals surface area contributed by atoms with E-state index in [2.05, 4.69) is 21.9 Å². The Morgan fingerprint density at radius 2 is 2.27 bits per heavy atom. The molecule has 1 atom stereocenters. The molecule has 1 fully saturated rings. The fourth-order valence-corrected chi connectivity index (χ4v) is 3.11. The Bertz CT molecular complexity index is 623. The van der Waals surface area contributed by atoms with Gasteiger partial charge in [0.25, 0.3) is 0 Å². The summed E-state index contributed by atoms with van der Waals surface area (Å²) in [4.78, 5) is 14.4. The molecule has 1 amide bonds. The smallest absolute Gasteiger partial charge is 0.387 e. The van der Waals surface area contributed by atoms with Gasteiger partial charge in [0.2, 0.25) is 5.91 Å². The molecule has 1 heterocycles. The highest BCUT2D eigenvalue weighted by Crippen LogP contribution is 2.33. The zero-order valence-electron chi connectivity index (χ0n) is 15.2. The third-order valence-electron chi connectivity index (χ3n) is 4.47. The lowest BCUT2D eigenvalue weighted by Crippen LogP contribution is -2.40. The SMILES string of the molecule is CCN1CCCC(CNC(=O)/C=C/c2cccc(OC)c2OC(F)F)C1. The van der Waals surface area contributed by atoms with Gasteiger partial charge in [-0.15, -0.1) is 0 Å². The molecule has 1 unspecified atom stereocenters. The highest BCUT2D eigenvalue weighted by molar-refractivity contribution is 5.92. The van der Waals surface area contributed by atoms with Gasteiger partial charge in [-0.25, -0.2) is 0 Å². The van der Waals surface area contributed by atoms with Crippen molar-refractivity contribution >= 4 is 12.0 Å². The van der Waals surface area contributed by atoms with Gasteiger partial charge in [-0.2, -0.15) is 8.78 Å².